The summed E-state index contributed by atoms with van der Waals surface area (Å²) in [6, 6.07) is 4.39. The van der Waals surface area contributed by atoms with E-state index >= 15 is 0 Å². The lowest BCUT2D eigenvalue weighted by Gasteiger charge is -2.23. The molecule has 0 aromatic heterocycles. The van der Waals surface area contributed by atoms with Crippen LogP contribution in [0.3, 0.4) is 0 Å². The van der Waals surface area contributed by atoms with E-state index in [2.05, 4.69) is 4.72 Å². The Morgan fingerprint density at radius 2 is 1.90 bits per heavy atom. The quantitative estimate of drug-likeness (QED) is 0.584. The summed E-state index contributed by atoms with van der Waals surface area (Å²) in [7, 11) is -3.63. The summed E-state index contributed by atoms with van der Waals surface area (Å²) in [5.74, 6) is 0. The summed E-state index contributed by atoms with van der Waals surface area (Å²) in [6.45, 7) is 4.34. The van der Waals surface area contributed by atoms with E-state index in [-0.39, 0.29) is 22.3 Å². The van der Waals surface area contributed by atoms with Gasteiger partial charge in [0.25, 0.3) is 0 Å². The second-order valence-corrected chi connectivity index (χ2v) is 7.16. The van der Waals surface area contributed by atoms with Crippen LogP contribution in [0.4, 0.5) is 0 Å². The molecule has 21 heavy (non-hydrogen) atoms. The first-order valence-electron chi connectivity index (χ1n) is 6.35. The molecule has 120 valence electrons. The predicted octanol–water partition coefficient (Wildman–Crippen LogP) is -2.81. The van der Waals surface area contributed by atoms with E-state index in [1.165, 1.54) is 17.0 Å². The van der Waals surface area contributed by atoms with E-state index in [4.69, 9.17) is 27.9 Å². The molecular formula is C12H17Cl3N2O3S. The van der Waals surface area contributed by atoms with Crippen LogP contribution in [0.1, 0.15) is 0 Å². The fraction of sp³-hybridized carbons (Fsp3) is 0.500. The number of ether oxygens (including phenoxy) is 1. The van der Waals surface area contributed by atoms with E-state index in [0.717, 1.165) is 32.8 Å². The molecule has 0 spiro atoms. The number of benzene rings is 1. The predicted molar refractivity (Wildman–Crippen MR) is 78.0 cm³/mol. The number of rotatable bonds is 5. The molecule has 1 aliphatic heterocycles. The number of sulfonamides is 1. The Hall–Kier alpha value is -0.0800. The molecule has 1 heterocycles. The zero-order valence-electron chi connectivity index (χ0n) is 11.2. The molecule has 1 aliphatic rings. The Kier molecular flexibility index (Phi) is 7.70. The third kappa shape index (κ3) is 5.56. The lowest BCUT2D eigenvalue weighted by atomic mass is 10.4. The molecule has 1 fully saturated rings. The van der Waals surface area contributed by atoms with E-state index in [9.17, 15) is 8.42 Å². The largest absolute Gasteiger partial charge is 1.00 e. The molecule has 0 atom stereocenters. The number of quaternary nitrogens is 1. The molecule has 1 aromatic carbocycles. The van der Waals surface area contributed by atoms with Crippen LogP contribution in [-0.4, -0.2) is 47.8 Å². The molecule has 2 N–H and O–H groups in total. The Morgan fingerprint density at radius 1 is 1.24 bits per heavy atom. The SMILES string of the molecule is O=S(=O)(NCC[NH+]1CCOCC1)c1cc(Cl)ccc1Cl.[Cl-]. The van der Waals surface area contributed by atoms with Crippen LogP contribution < -0.4 is 22.0 Å². The number of nitrogens with one attached hydrogen (secondary N) is 2. The second kappa shape index (κ2) is 8.53. The minimum Gasteiger partial charge on any atom is -1.00 e. The third-order valence-electron chi connectivity index (χ3n) is 3.15. The Bertz CT molecular complexity index is 563. The first-order valence-corrected chi connectivity index (χ1v) is 8.59. The van der Waals surface area contributed by atoms with Crippen molar-refractivity contribution in [3.63, 3.8) is 0 Å². The first-order chi connectivity index (χ1) is 9.49. The van der Waals surface area contributed by atoms with E-state index in [0.29, 0.717) is 11.6 Å². The highest BCUT2D eigenvalue weighted by atomic mass is 35.5. The van der Waals surface area contributed by atoms with Gasteiger partial charge in [0.15, 0.2) is 0 Å². The van der Waals surface area contributed by atoms with Gasteiger partial charge in [-0.05, 0) is 18.2 Å². The molecule has 1 aromatic rings. The van der Waals surface area contributed by atoms with Crippen molar-refractivity contribution in [1.82, 2.24) is 4.72 Å². The Morgan fingerprint density at radius 3 is 2.57 bits per heavy atom. The number of morpholine rings is 1. The average molecular weight is 376 g/mol. The number of halogens is 3. The van der Waals surface area contributed by atoms with Gasteiger partial charge in [0.1, 0.15) is 18.0 Å². The number of hydrogen-bond donors (Lipinski definition) is 2. The molecule has 5 nitrogen and oxygen atoms in total. The third-order valence-corrected chi connectivity index (χ3v) is 5.33. The van der Waals surface area contributed by atoms with Crippen LogP contribution in [0.15, 0.2) is 23.1 Å². The van der Waals surface area contributed by atoms with Crippen molar-refractivity contribution >= 4 is 33.2 Å². The van der Waals surface area contributed by atoms with Crippen LogP contribution in [0.25, 0.3) is 0 Å². The average Bonchev–Trinajstić information content (AvgIpc) is 2.42. The summed E-state index contributed by atoms with van der Waals surface area (Å²) in [5, 5.41) is 0.509. The molecule has 0 bridgehead atoms. The van der Waals surface area contributed by atoms with Crippen LogP contribution in [0.5, 0.6) is 0 Å². The summed E-state index contributed by atoms with van der Waals surface area (Å²) < 4.78 is 32.1. The molecule has 9 heteroatoms. The summed E-state index contributed by atoms with van der Waals surface area (Å²) in [4.78, 5) is 1.35. The monoisotopic (exact) mass is 374 g/mol. The fourth-order valence-corrected chi connectivity index (χ4v) is 3.83. The highest BCUT2D eigenvalue weighted by molar-refractivity contribution is 7.89. The summed E-state index contributed by atoms with van der Waals surface area (Å²) in [5.41, 5.74) is 0. The van der Waals surface area contributed by atoms with Crippen molar-refractivity contribution in [3.8, 4) is 0 Å². The topological polar surface area (TPSA) is 59.8 Å². The van der Waals surface area contributed by atoms with Crippen LogP contribution >= 0.6 is 23.2 Å². The minimum absolute atomic E-state index is 0. The van der Waals surface area contributed by atoms with Crippen molar-refractivity contribution in [2.45, 2.75) is 4.90 Å². The van der Waals surface area contributed by atoms with Gasteiger partial charge in [-0.15, -0.1) is 0 Å². The van der Waals surface area contributed by atoms with Crippen molar-refractivity contribution < 1.29 is 30.5 Å². The normalized spacial score (nSPS) is 16.5. The van der Waals surface area contributed by atoms with E-state index < -0.39 is 10.0 Å². The van der Waals surface area contributed by atoms with Gasteiger partial charge in [-0.2, -0.15) is 0 Å². The standard InChI is InChI=1S/C12H16Cl2N2O3S.ClH/c13-10-1-2-11(14)12(9-10)20(17,18)15-3-4-16-5-7-19-8-6-16;/h1-2,9,15H,3-8H2;1H. The molecule has 0 radical (unpaired) electrons. The van der Waals surface area contributed by atoms with Crippen molar-refractivity contribution in [1.29, 1.82) is 0 Å². The number of hydrogen-bond acceptors (Lipinski definition) is 3. The smallest absolute Gasteiger partial charge is 0.242 e. The molecule has 0 aliphatic carbocycles. The lowest BCUT2D eigenvalue weighted by molar-refractivity contribution is -0.906. The maximum atomic E-state index is 12.2. The highest BCUT2D eigenvalue weighted by Gasteiger charge is 2.20. The Labute approximate surface area is 141 Å². The van der Waals surface area contributed by atoms with Gasteiger partial charge >= 0.3 is 0 Å². The van der Waals surface area contributed by atoms with Gasteiger partial charge in [-0.1, -0.05) is 23.2 Å². The summed E-state index contributed by atoms with van der Waals surface area (Å²) in [6.07, 6.45) is 0. The van der Waals surface area contributed by atoms with Crippen LogP contribution in [0, 0.1) is 0 Å². The lowest BCUT2D eigenvalue weighted by Crippen LogP contribution is -3.14. The molecule has 0 saturated carbocycles. The molecule has 0 amide bonds. The van der Waals surface area contributed by atoms with Crippen molar-refractivity contribution in [2.24, 2.45) is 0 Å². The highest BCUT2D eigenvalue weighted by Crippen LogP contribution is 2.24. The van der Waals surface area contributed by atoms with Gasteiger partial charge in [-0.3, -0.25) is 0 Å². The minimum atomic E-state index is -3.63. The fourth-order valence-electron chi connectivity index (χ4n) is 2.03. The molecule has 0 unspecified atom stereocenters. The van der Waals surface area contributed by atoms with Crippen LogP contribution in [-0.2, 0) is 14.8 Å². The Balaban J connectivity index is 0.00000220. The molecule has 1 saturated heterocycles. The van der Waals surface area contributed by atoms with Crippen LogP contribution in [0.2, 0.25) is 10.0 Å². The summed E-state index contributed by atoms with van der Waals surface area (Å²) >= 11 is 11.7. The van der Waals surface area contributed by atoms with Gasteiger partial charge in [0.05, 0.1) is 31.3 Å². The second-order valence-electron chi connectivity index (χ2n) is 4.58. The van der Waals surface area contributed by atoms with E-state index in [1.807, 2.05) is 0 Å². The maximum Gasteiger partial charge on any atom is 0.242 e. The van der Waals surface area contributed by atoms with Gasteiger partial charge < -0.3 is 22.0 Å². The molecule has 2 rings (SSSR count). The molecular weight excluding hydrogens is 359 g/mol. The van der Waals surface area contributed by atoms with Crippen molar-refractivity contribution in [2.75, 3.05) is 39.4 Å². The van der Waals surface area contributed by atoms with Gasteiger partial charge in [0, 0.05) is 5.02 Å². The zero-order valence-corrected chi connectivity index (χ0v) is 14.3. The maximum absolute atomic E-state index is 12.2. The van der Waals surface area contributed by atoms with E-state index in [1.54, 1.807) is 6.07 Å². The first kappa shape index (κ1) is 19.0. The van der Waals surface area contributed by atoms with Gasteiger partial charge in [0.2, 0.25) is 10.0 Å². The van der Waals surface area contributed by atoms with Crippen molar-refractivity contribution in [3.05, 3.63) is 28.2 Å². The van der Waals surface area contributed by atoms with Gasteiger partial charge in [-0.25, -0.2) is 13.1 Å². The zero-order chi connectivity index (χ0) is 14.6.